The summed E-state index contributed by atoms with van der Waals surface area (Å²) in [6, 6.07) is 7.11. The molecular weight excluding hydrogens is 360 g/mol. The number of carbonyl (C=O) groups excluding carboxylic acids is 1. The van der Waals surface area contributed by atoms with Gasteiger partial charge in [0, 0.05) is 17.8 Å². The van der Waals surface area contributed by atoms with Crippen LogP contribution in [0.4, 0.5) is 9.93 Å². The normalized spacial score (nSPS) is 11.3. The molecule has 3 aromatic heterocycles. The van der Waals surface area contributed by atoms with Crippen LogP contribution in [-0.2, 0) is 12.0 Å². The molecule has 0 atom stereocenters. The zero-order valence-corrected chi connectivity index (χ0v) is 16.6. The Morgan fingerprint density at radius 1 is 1.11 bits per heavy atom. The Labute approximate surface area is 162 Å². The fraction of sp³-hybridized carbons (Fsp3) is 0.316. The number of carbonyl (C=O) groups is 1. The predicted octanol–water partition coefficient (Wildman–Crippen LogP) is 3.92. The molecule has 27 heavy (non-hydrogen) atoms. The molecule has 0 saturated heterocycles. The van der Waals surface area contributed by atoms with Crippen LogP contribution in [0, 0.1) is 6.92 Å². The molecule has 0 radical (unpaired) electrons. The molecule has 2 amide bonds. The number of rotatable bonds is 4. The van der Waals surface area contributed by atoms with Crippen molar-refractivity contribution in [3.8, 4) is 10.6 Å². The van der Waals surface area contributed by atoms with Gasteiger partial charge in [0.1, 0.15) is 5.82 Å². The number of nitrogens with zero attached hydrogens (tertiary/aromatic N) is 4. The molecule has 3 aromatic rings. The predicted molar refractivity (Wildman–Crippen MR) is 107 cm³/mol. The van der Waals surface area contributed by atoms with Gasteiger partial charge in [0.25, 0.3) is 0 Å². The van der Waals surface area contributed by atoms with E-state index in [1.54, 1.807) is 12.4 Å². The van der Waals surface area contributed by atoms with Gasteiger partial charge in [0.15, 0.2) is 5.13 Å². The highest BCUT2D eigenvalue weighted by molar-refractivity contribution is 7.19. The van der Waals surface area contributed by atoms with Crippen LogP contribution in [0.3, 0.4) is 0 Å². The highest BCUT2D eigenvalue weighted by Crippen LogP contribution is 2.32. The van der Waals surface area contributed by atoms with E-state index in [0.717, 1.165) is 27.8 Å². The van der Waals surface area contributed by atoms with Gasteiger partial charge in [-0.2, -0.15) is 0 Å². The van der Waals surface area contributed by atoms with Gasteiger partial charge in [-0.25, -0.2) is 19.7 Å². The third kappa shape index (κ3) is 4.85. The average Bonchev–Trinajstić information content (AvgIpc) is 3.00. The monoisotopic (exact) mass is 382 g/mol. The molecule has 0 saturated carbocycles. The van der Waals surface area contributed by atoms with Crippen LogP contribution in [-0.4, -0.2) is 26.0 Å². The standard InChI is InChI=1S/C19H22N6OS/c1-12-15(14-8-10-21-16(24-14)19(2,3)4)27-18(23-12)25-17(26)22-11-13-7-5-6-9-20-13/h5-10H,11H2,1-4H3,(H2,22,23,25,26). The Bertz CT molecular complexity index is 933. The Kier molecular flexibility index (Phi) is 5.46. The molecule has 0 fully saturated rings. The summed E-state index contributed by atoms with van der Waals surface area (Å²) in [5.41, 5.74) is 2.28. The topological polar surface area (TPSA) is 92.7 Å². The Morgan fingerprint density at radius 2 is 1.93 bits per heavy atom. The summed E-state index contributed by atoms with van der Waals surface area (Å²) in [4.78, 5) is 30.7. The Hall–Kier alpha value is -2.87. The highest BCUT2D eigenvalue weighted by Gasteiger charge is 2.19. The van der Waals surface area contributed by atoms with Crippen LogP contribution in [0.5, 0.6) is 0 Å². The van der Waals surface area contributed by atoms with Crippen LogP contribution in [0.2, 0.25) is 0 Å². The molecular formula is C19H22N6OS. The van der Waals surface area contributed by atoms with Crippen molar-refractivity contribution in [2.45, 2.75) is 39.7 Å². The summed E-state index contributed by atoms with van der Waals surface area (Å²) in [6.07, 6.45) is 3.45. The van der Waals surface area contributed by atoms with E-state index in [9.17, 15) is 4.79 Å². The van der Waals surface area contributed by atoms with Gasteiger partial charge >= 0.3 is 6.03 Å². The molecule has 8 heteroatoms. The summed E-state index contributed by atoms with van der Waals surface area (Å²) >= 11 is 1.39. The van der Waals surface area contributed by atoms with E-state index < -0.39 is 0 Å². The molecule has 3 heterocycles. The molecule has 0 spiro atoms. The minimum absolute atomic E-state index is 0.138. The van der Waals surface area contributed by atoms with Crippen molar-refractivity contribution >= 4 is 22.5 Å². The maximum absolute atomic E-state index is 12.1. The van der Waals surface area contributed by atoms with Crippen LogP contribution in [0.1, 0.15) is 38.0 Å². The summed E-state index contributed by atoms with van der Waals surface area (Å²) in [6.45, 7) is 8.48. The lowest BCUT2D eigenvalue weighted by molar-refractivity contribution is 0.251. The van der Waals surface area contributed by atoms with Crippen LogP contribution >= 0.6 is 11.3 Å². The second kappa shape index (κ2) is 7.79. The summed E-state index contributed by atoms with van der Waals surface area (Å²) in [7, 11) is 0. The maximum atomic E-state index is 12.1. The lowest BCUT2D eigenvalue weighted by Crippen LogP contribution is -2.28. The number of aromatic nitrogens is 4. The van der Waals surface area contributed by atoms with E-state index in [2.05, 4.69) is 51.3 Å². The van der Waals surface area contributed by atoms with Gasteiger partial charge in [0.05, 0.1) is 28.5 Å². The number of aryl methyl sites for hydroxylation is 1. The van der Waals surface area contributed by atoms with E-state index >= 15 is 0 Å². The van der Waals surface area contributed by atoms with Crippen molar-refractivity contribution in [2.75, 3.05) is 5.32 Å². The first-order valence-electron chi connectivity index (χ1n) is 8.59. The van der Waals surface area contributed by atoms with Crippen molar-refractivity contribution in [3.63, 3.8) is 0 Å². The quantitative estimate of drug-likeness (QED) is 0.713. The molecule has 0 bridgehead atoms. The number of hydrogen-bond donors (Lipinski definition) is 2. The van der Waals surface area contributed by atoms with Crippen molar-refractivity contribution < 1.29 is 4.79 Å². The van der Waals surface area contributed by atoms with E-state index in [0.29, 0.717) is 11.7 Å². The molecule has 7 nitrogen and oxygen atoms in total. The second-order valence-corrected chi connectivity index (χ2v) is 8.08. The number of pyridine rings is 1. The molecule has 0 aliphatic heterocycles. The zero-order chi connectivity index (χ0) is 19.4. The number of urea groups is 1. The molecule has 2 N–H and O–H groups in total. The summed E-state index contributed by atoms with van der Waals surface area (Å²) in [5.74, 6) is 0.774. The van der Waals surface area contributed by atoms with Gasteiger partial charge in [-0.3, -0.25) is 10.3 Å². The van der Waals surface area contributed by atoms with Crippen LogP contribution in [0.15, 0.2) is 36.7 Å². The fourth-order valence-corrected chi connectivity index (χ4v) is 3.28. The van der Waals surface area contributed by atoms with E-state index in [4.69, 9.17) is 0 Å². The first-order chi connectivity index (χ1) is 12.8. The lowest BCUT2D eigenvalue weighted by atomic mass is 9.95. The van der Waals surface area contributed by atoms with Crippen molar-refractivity contribution in [1.29, 1.82) is 0 Å². The number of hydrogen-bond acceptors (Lipinski definition) is 6. The summed E-state index contributed by atoms with van der Waals surface area (Å²) in [5, 5.41) is 6.07. The molecule has 0 aliphatic rings. The zero-order valence-electron chi connectivity index (χ0n) is 15.8. The Morgan fingerprint density at radius 3 is 2.63 bits per heavy atom. The van der Waals surface area contributed by atoms with Gasteiger partial charge in [-0.1, -0.05) is 38.2 Å². The first-order valence-corrected chi connectivity index (χ1v) is 9.40. The van der Waals surface area contributed by atoms with Crippen molar-refractivity contribution in [2.24, 2.45) is 0 Å². The SMILES string of the molecule is Cc1nc(NC(=O)NCc2ccccn2)sc1-c1ccnc(C(C)(C)C)n1. The smallest absolute Gasteiger partial charge is 0.321 e. The third-order valence-electron chi connectivity index (χ3n) is 3.73. The van der Waals surface area contributed by atoms with Crippen LogP contribution < -0.4 is 10.6 Å². The molecule has 140 valence electrons. The second-order valence-electron chi connectivity index (χ2n) is 7.08. The molecule has 0 unspecified atom stereocenters. The average molecular weight is 382 g/mol. The number of nitrogens with one attached hydrogen (secondary N) is 2. The molecule has 0 aliphatic carbocycles. The van der Waals surface area contributed by atoms with Crippen molar-refractivity contribution in [1.82, 2.24) is 25.3 Å². The van der Waals surface area contributed by atoms with E-state index in [1.165, 1.54) is 11.3 Å². The minimum atomic E-state index is -0.320. The minimum Gasteiger partial charge on any atom is -0.332 e. The number of thiazole rings is 1. The summed E-state index contributed by atoms with van der Waals surface area (Å²) < 4.78 is 0. The van der Waals surface area contributed by atoms with Gasteiger partial charge in [0.2, 0.25) is 0 Å². The lowest BCUT2D eigenvalue weighted by Gasteiger charge is -2.16. The molecule has 3 rings (SSSR count). The third-order valence-corrected chi connectivity index (χ3v) is 4.83. The van der Waals surface area contributed by atoms with E-state index in [1.807, 2.05) is 31.2 Å². The van der Waals surface area contributed by atoms with Gasteiger partial charge in [-0.15, -0.1) is 0 Å². The Balaban J connectivity index is 1.70. The number of anilines is 1. The van der Waals surface area contributed by atoms with Gasteiger partial charge in [-0.05, 0) is 25.1 Å². The van der Waals surface area contributed by atoms with E-state index in [-0.39, 0.29) is 11.4 Å². The van der Waals surface area contributed by atoms with Crippen molar-refractivity contribution in [3.05, 3.63) is 53.9 Å². The first kappa shape index (κ1) is 18.9. The molecule has 0 aromatic carbocycles. The highest BCUT2D eigenvalue weighted by atomic mass is 32.1. The largest absolute Gasteiger partial charge is 0.332 e. The van der Waals surface area contributed by atoms with Crippen LogP contribution in [0.25, 0.3) is 10.6 Å². The van der Waals surface area contributed by atoms with Gasteiger partial charge < -0.3 is 5.32 Å². The number of amides is 2. The fourth-order valence-electron chi connectivity index (χ4n) is 2.35. The maximum Gasteiger partial charge on any atom is 0.321 e.